The van der Waals surface area contributed by atoms with E-state index in [0.717, 1.165) is 5.69 Å². The monoisotopic (exact) mass is 353 g/mol. The lowest BCUT2D eigenvalue weighted by atomic mass is 10.1. The largest absolute Gasteiger partial charge is 0.379 e. The van der Waals surface area contributed by atoms with Gasteiger partial charge in [0.2, 0.25) is 0 Å². The van der Waals surface area contributed by atoms with E-state index in [-0.39, 0.29) is 18.1 Å². The van der Waals surface area contributed by atoms with Crippen LogP contribution in [0.1, 0.15) is 22.5 Å². The first-order valence-corrected chi connectivity index (χ1v) is 8.50. The number of carbonyl (C=O) groups is 1. The number of nitrogens with one attached hydrogen (secondary N) is 1. The van der Waals surface area contributed by atoms with Crippen LogP contribution in [-0.4, -0.2) is 50.8 Å². The third-order valence-electron chi connectivity index (χ3n) is 4.36. The molecule has 1 aliphatic heterocycles. The van der Waals surface area contributed by atoms with Crippen molar-refractivity contribution >= 4 is 11.6 Å². The van der Waals surface area contributed by atoms with E-state index < -0.39 is 0 Å². The fourth-order valence-corrected chi connectivity index (χ4v) is 2.99. The molecule has 0 radical (unpaired) electrons. The van der Waals surface area contributed by atoms with E-state index in [0.29, 0.717) is 37.5 Å². The first-order chi connectivity index (χ1) is 12.8. The Labute approximate surface area is 150 Å². The third-order valence-corrected chi connectivity index (χ3v) is 4.36. The van der Waals surface area contributed by atoms with E-state index in [4.69, 9.17) is 9.47 Å². The second-order valence-electron chi connectivity index (χ2n) is 6.10. The van der Waals surface area contributed by atoms with Gasteiger partial charge >= 0.3 is 0 Å². The summed E-state index contributed by atoms with van der Waals surface area (Å²) >= 11 is 0. The normalized spacial score (nSPS) is 20.2. The van der Waals surface area contributed by atoms with Gasteiger partial charge in [0.25, 0.3) is 5.91 Å². The Bertz CT molecular complexity index is 883. The second kappa shape index (κ2) is 7.59. The van der Waals surface area contributed by atoms with Crippen molar-refractivity contribution in [3.8, 4) is 0 Å². The third kappa shape index (κ3) is 3.56. The van der Waals surface area contributed by atoms with Crippen molar-refractivity contribution in [3.63, 3.8) is 0 Å². The predicted molar refractivity (Wildman–Crippen MR) is 92.5 cm³/mol. The zero-order valence-corrected chi connectivity index (χ0v) is 14.1. The maximum Gasteiger partial charge on any atom is 0.255 e. The maximum atomic E-state index is 12.7. The molecule has 3 aromatic rings. The number of nitrogens with zero attached hydrogens (tertiary/aromatic N) is 4. The fourth-order valence-electron chi connectivity index (χ4n) is 2.99. The molecule has 134 valence electrons. The molecule has 0 bridgehead atoms. The zero-order valence-electron chi connectivity index (χ0n) is 14.1. The number of rotatable bonds is 5. The molecule has 8 heteroatoms. The van der Waals surface area contributed by atoms with Gasteiger partial charge in [-0.05, 0) is 30.7 Å². The first kappa shape index (κ1) is 16.6. The van der Waals surface area contributed by atoms with Gasteiger partial charge in [-0.15, -0.1) is 10.2 Å². The molecule has 4 heterocycles. The van der Waals surface area contributed by atoms with Crippen molar-refractivity contribution in [2.75, 3.05) is 13.2 Å². The SMILES string of the molecule is O=C(N[C@@H]1CCOC[C@H]1OCc1ccccn1)c1cccn2cnnc12. The van der Waals surface area contributed by atoms with Crippen molar-refractivity contribution in [1.82, 2.24) is 24.9 Å². The molecule has 4 rings (SSSR count). The zero-order chi connectivity index (χ0) is 17.8. The smallest absolute Gasteiger partial charge is 0.255 e. The Hall–Kier alpha value is -2.84. The van der Waals surface area contributed by atoms with E-state index in [9.17, 15) is 4.79 Å². The van der Waals surface area contributed by atoms with Crippen LogP contribution in [0.5, 0.6) is 0 Å². The van der Waals surface area contributed by atoms with E-state index in [2.05, 4.69) is 20.5 Å². The summed E-state index contributed by atoms with van der Waals surface area (Å²) in [6, 6.07) is 9.09. The van der Waals surface area contributed by atoms with Gasteiger partial charge in [0.15, 0.2) is 5.65 Å². The summed E-state index contributed by atoms with van der Waals surface area (Å²) in [5.41, 5.74) is 1.86. The molecule has 1 amide bonds. The number of carbonyl (C=O) groups excluding carboxylic acids is 1. The van der Waals surface area contributed by atoms with Crippen LogP contribution >= 0.6 is 0 Å². The van der Waals surface area contributed by atoms with Crippen molar-refractivity contribution in [2.45, 2.75) is 25.2 Å². The van der Waals surface area contributed by atoms with Crippen LogP contribution in [0.2, 0.25) is 0 Å². The summed E-state index contributed by atoms with van der Waals surface area (Å²) in [7, 11) is 0. The lowest BCUT2D eigenvalue weighted by Gasteiger charge is -2.32. The van der Waals surface area contributed by atoms with Crippen LogP contribution in [0.3, 0.4) is 0 Å². The van der Waals surface area contributed by atoms with Gasteiger partial charge in [-0.2, -0.15) is 0 Å². The van der Waals surface area contributed by atoms with E-state index in [1.165, 1.54) is 0 Å². The van der Waals surface area contributed by atoms with E-state index in [1.54, 1.807) is 35.3 Å². The van der Waals surface area contributed by atoms with Gasteiger partial charge < -0.3 is 14.8 Å². The molecule has 0 spiro atoms. The Balaban J connectivity index is 1.44. The lowest BCUT2D eigenvalue weighted by molar-refractivity contribution is -0.0743. The standard InChI is InChI=1S/C18H19N5O3/c24-18(14-5-3-8-23-12-20-22-17(14)23)21-15-6-9-25-11-16(15)26-10-13-4-1-2-7-19-13/h1-5,7-8,12,15-16H,6,9-11H2,(H,21,24)/t15-,16-/m1/s1. The quantitative estimate of drug-likeness (QED) is 0.742. The minimum absolute atomic E-state index is 0.136. The second-order valence-corrected chi connectivity index (χ2v) is 6.10. The molecular formula is C18H19N5O3. The number of hydrogen-bond acceptors (Lipinski definition) is 6. The molecule has 1 aliphatic rings. The molecule has 0 unspecified atom stereocenters. The lowest BCUT2D eigenvalue weighted by Crippen LogP contribution is -2.50. The van der Waals surface area contributed by atoms with E-state index in [1.807, 2.05) is 18.2 Å². The van der Waals surface area contributed by atoms with Crippen LogP contribution in [0.25, 0.3) is 5.65 Å². The summed E-state index contributed by atoms with van der Waals surface area (Å²) in [5.74, 6) is -0.193. The van der Waals surface area contributed by atoms with Crippen LogP contribution < -0.4 is 5.32 Å². The van der Waals surface area contributed by atoms with Crippen molar-refractivity contribution < 1.29 is 14.3 Å². The molecule has 1 fully saturated rings. The maximum absolute atomic E-state index is 12.7. The molecule has 0 aromatic carbocycles. The Morgan fingerprint density at radius 2 is 2.31 bits per heavy atom. The van der Waals surface area contributed by atoms with E-state index >= 15 is 0 Å². The number of fused-ring (bicyclic) bond motifs is 1. The molecule has 3 aromatic heterocycles. The molecule has 1 N–H and O–H groups in total. The Morgan fingerprint density at radius 1 is 1.35 bits per heavy atom. The first-order valence-electron chi connectivity index (χ1n) is 8.50. The molecule has 1 saturated heterocycles. The number of pyridine rings is 2. The highest BCUT2D eigenvalue weighted by atomic mass is 16.5. The van der Waals surface area contributed by atoms with Crippen LogP contribution in [-0.2, 0) is 16.1 Å². The number of hydrogen-bond donors (Lipinski definition) is 1. The predicted octanol–water partition coefficient (Wildman–Crippen LogP) is 1.23. The van der Waals surface area contributed by atoms with Gasteiger partial charge in [0, 0.05) is 19.0 Å². The van der Waals surface area contributed by atoms with Crippen molar-refractivity contribution in [2.24, 2.45) is 0 Å². The minimum atomic E-state index is -0.229. The highest BCUT2D eigenvalue weighted by Crippen LogP contribution is 2.15. The highest BCUT2D eigenvalue weighted by molar-refractivity contribution is 5.99. The molecule has 0 saturated carbocycles. The number of amides is 1. The molecular weight excluding hydrogens is 334 g/mol. The average Bonchev–Trinajstić information content (AvgIpc) is 3.17. The van der Waals surface area contributed by atoms with Gasteiger partial charge in [-0.3, -0.25) is 14.2 Å². The fraction of sp³-hybridized carbons (Fsp3) is 0.333. The Morgan fingerprint density at radius 3 is 3.19 bits per heavy atom. The van der Waals surface area contributed by atoms with Crippen LogP contribution in [0.4, 0.5) is 0 Å². The van der Waals surface area contributed by atoms with Gasteiger partial charge in [0.1, 0.15) is 12.4 Å². The van der Waals surface area contributed by atoms with Gasteiger partial charge in [0.05, 0.1) is 30.5 Å². The van der Waals surface area contributed by atoms with Gasteiger partial charge in [-0.25, -0.2) is 0 Å². The molecule has 0 aliphatic carbocycles. The molecule has 2 atom stereocenters. The van der Waals surface area contributed by atoms with Crippen molar-refractivity contribution in [1.29, 1.82) is 0 Å². The van der Waals surface area contributed by atoms with Crippen molar-refractivity contribution in [3.05, 3.63) is 60.3 Å². The summed E-state index contributed by atoms with van der Waals surface area (Å²) in [6.45, 7) is 1.40. The number of ether oxygens (including phenoxy) is 2. The minimum Gasteiger partial charge on any atom is -0.379 e. The van der Waals surface area contributed by atoms with Gasteiger partial charge in [-0.1, -0.05) is 6.07 Å². The van der Waals surface area contributed by atoms with Crippen LogP contribution in [0.15, 0.2) is 49.1 Å². The highest BCUT2D eigenvalue weighted by Gasteiger charge is 2.29. The van der Waals surface area contributed by atoms with Crippen LogP contribution in [0, 0.1) is 0 Å². The molecule has 8 nitrogen and oxygen atoms in total. The summed E-state index contributed by atoms with van der Waals surface area (Å²) in [6.07, 6.45) is 5.56. The summed E-state index contributed by atoms with van der Waals surface area (Å²) in [5, 5.41) is 10.9. The topological polar surface area (TPSA) is 90.6 Å². The molecule has 26 heavy (non-hydrogen) atoms. The number of aromatic nitrogens is 4. The summed E-state index contributed by atoms with van der Waals surface area (Å²) in [4.78, 5) is 17.0. The Kier molecular flexibility index (Phi) is 4.85. The summed E-state index contributed by atoms with van der Waals surface area (Å²) < 4.78 is 13.2. The average molecular weight is 353 g/mol.